The first kappa shape index (κ1) is 17.5. The topological polar surface area (TPSA) is 71.6 Å². The fourth-order valence-electron chi connectivity index (χ4n) is 2.52. The van der Waals surface area contributed by atoms with Crippen molar-refractivity contribution in [1.29, 1.82) is 5.26 Å². The molecular weight excluding hydrogens is 346 g/mol. The van der Waals surface area contributed by atoms with Crippen molar-refractivity contribution in [2.24, 2.45) is 0 Å². The SMILES string of the molecule is CC(C)(C)c1ccc(-c2nc3n(c(=O)c2C#N)CC(F)(F)CS3)cn1. The number of rotatable bonds is 1. The summed E-state index contributed by atoms with van der Waals surface area (Å²) in [6.07, 6.45) is 1.56. The number of thioether (sulfide) groups is 1. The van der Waals surface area contributed by atoms with Crippen LogP contribution in [0, 0.1) is 11.3 Å². The van der Waals surface area contributed by atoms with Crippen LogP contribution in [0.2, 0.25) is 0 Å². The Morgan fingerprint density at radius 3 is 2.64 bits per heavy atom. The summed E-state index contributed by atoms with van der Waals surface area (Å²) in [4.78, 5) is 21.2. The lowest BCUT2D eigenvalue weighted by Crippen LogP contribution is -2.39. The average molecular weight is 362 g/mol. The highest BCUT2D eigenvalue weighted by molar-refractivity contribution is 7.99. The largest absolute Gasteiger partial charge is 0.280 e. The van der Waals surface area contributed by atoms with Crippen LogP contribution in [0.1, 0.15) is 32.0 Å². The fraction of sp³-hybridized carbons (Fsp3) is 0.412. The normalized spacial score (nSPS) is 16.2. The van der Waals surface area contributed by atoms with Crippen LogP contribution >= 0.6 is 11.8 Å². The van der Waals surface area contributed by atoms with Crippen LogP contribution in [-0.2, 0) is 12.0 Å². The Morgan fingerprint density at radius 1 is 1.36 bits per heavy atom. The molecule has 5 nitrogen and oxygen atoms in total. The van der Waals surface area contributed by atoms with Gasteiger partial charge in [0, 0.05) is 22.9 Å². The van der Waals surface area contributed by atoms with Gasteiger partial charge in [-0.3, -0.25) is 14.3 Å². The molecule has 0 bridgehead atoms. The summed E-state index contributed by atoms with van der Waals surface area (Å²) in [7, 11) is 0. The Kier molecular flexibility index (Phi) is 4.15. The van der Waals surface area contributed by atoms with Crippen molar-refractivity contribution in [3.63, 3.8) is 0 Å². The molecule has 130 valence electrons. The highest BCUT2D eigenvalue weighted by Gasteiger charge is 2.37. The van der Waals surface area contributed by atoms with E-state index in [1.165, 1.54) is 0 Å². The van der Waals surface area contributed by atoms with E-state index >= 15 is 0 Å². The first-order valence-corrected chi connectivity index (χ1v) is 8.63. The molecule has 0 spiro atoms. The van der Waals surface area contributed by atoms with Crippen LogP contribution in [0.5, 0.6) is 0 Å². The molecule has 0 aromatic carbocycles. The maximum absolute atomic E-state index is 13.6. The zero-order chi connectivity index (χ0) is 18.4. The Balaban J connectivity index is 2.14. The Bertz CT molecular complexity index is 924. The number of hydrogen-bond acceptors (Lipinski definition) is 5. The van der Waals surface area contributed by atoms with Crippen LogP contribution < -0.4 is 5.56 Å². The molecule has 0 fully saturated rings. The van der Waals surface area contributed by atoms with Crippen LogP contribution in [0.15, 0.2) is 28.3 Å². The molecule has 2 aromatic rings. The van der Waals surface area contributed by atoms with Gasteiger partial charge in [0.15, 0.2) is 5.16 Å². The summed E-state index contributed by atoms with van der Waals surface area (Å²) >= 11 is 0.817. The van der Waals surface area contributed by atoms with Crippen LogP contribution in [0.3, 0.4) is 0 Å². The maximum Gasteiger partial charge on any atom is 0.275 e. The van der Waals surface area contributed by atoms with Gasteiger partial charge in [-0.15, -0.1) is 0 Å². The second-order valence-electron chi connectivity index (χ2n) is 6.95. The number of aromatic nitrogens is 3. The second kappa shape index (κ2) is 5.92. The molecule has 0 aliphatic carbocycles. The minimum atomic E-state index is -2.99. The smallest absolute Gasteiger partial charge is 0.275 e. The molecule has 0 unspecified atom stereocenters. The van der Waals surface area contributed by atoms with E-state index < -0.39 is 23.8 Å². The van der Waals surface area contributed by atoms with E-state index in [9.17, 15) is 18.8 Å². The van der Waals surface area contributed by atoms with E-state index in [4.69, 9.17) is 0 Å². The van der Waals surface area contributed by atoms with E-state index in [-0.39, 0.29) is 21.8 Å². The van der Waals surface area contributed by atoms with Crippen molar-refractivity contribution < 1.29 is 8.78 Å². The molecule has 3 rings (SSSR count). The summed E-state index contributed by atoms with van der Waals surface area (Å²) in [5.74, 6) is -3.43. The van der Waals surface area contributed by atoms with Crippen molar-refractivity contribution >= 4 is 11.8 Å². The molecule has 0 N–H and O–H groups in total. The number of pyridine rings is 1. The number of fused-ring (bicyclic) bond motifs is 1. The first-order chi connectivity index (χ1) is 11.6. The van der Waals surface area contributed by atoms with Crippen molar-refractivity contribution in [2.75, 3.05) is 5.75 Å². The highest BCUT2D eigenvalue weighted by Crippen LogP contribution is 2.33. The molecule has 0 saturated heterocycles. The first-order valence-electron chi connectivity index (χ1n) is 7.65. The summed E-state index contributed by atoms with van der Waals surface area (Å²) in [6.45, 7) is 5.32. The van der Waals surface area contributed by atoms with Gasteiger partial charge in [0.1, 0.15) is 11.6 Å². The predicted molar refractivity (Wildman–Crippen MR) is 90.8 cm³/mol. The lowest BCUT2D eigenvalue weighted by atomic mass is 9.91. The zero-order valence-electron chi connectivity index (χ0n) is 14.0. The van der Waals surface area contributed by atoms with Gasteiger partial charge in [-0.25, -0.2) is 13.8 Å². The van der Waals surface area contributed by atoms with E-state index in [0.717, 1.165) is 22.0 Å². The molecule has 0 amide bonds. The second-order valence-corrected chi connectivity index (χ2v) is 7.89. The van der Waals surface area contributed by atoms with E-state index in [1.54, 1.807) is 18.3 Å². The molecule has 3 heterocycles. The van der Waals surface area contributed by atoms with Crippen LogP contribution in [0.4, 0.5) is 8.78 Å². The summed E-state index contributed by atoms with van der Waals surface area (Å²) in [6, 6.07) is 5.37. The Labute approximate surface area is 147 Å². The van der Waals surface area contributed by atoms with Crippen molar-refractivity contribution in [3.8, 4) is 17.3 Å². The van der Waals surface area contributed by atoms with Gasteiger partial charge in [-0.05, 0) is 12.1 Å². The predicted octanol–water partition coefficient (Wildman–Crippen LogP) is 3.22. The van der Waals surface area contributed by atoms with Gasteiger partial charge in [0.2, 0.25) is 0 Å². The lowest BCUT2D eigenvalue weighted by molar-refractivity contribution is 0.00154. The van der Waals surface area contributed by atoms with E-state index in [2.05, 4.69) is 9.97 Å². The fourth-order valence-corrected chi connectivity index (χ4v) is 3.41. The van der Waals surface area contributed by atoms with E-state index in [1.807, 2.05) is 26.8 Å². The van der Waals surface area contributed by atoms with Crippen molar-refractivity contribution in [3.05, 3.63) is 39.9 Å². The standard InChI is InChI=1S/C17H16F2N4OS/c1-16(2,3)12-5-4-10(7-21-12)13-11(6-20)14(24)23-8-17(18,19)9-25-15(23)22-13/h4-5,7H,8-9H2,1-3H3. The number of alkyl halides is 2. The summed E-state index contributed by atoms with van der Waals surface area (Å²) in [5.41, 5.74) is 0.438. The van der Waals surface area contributed by atoms with Crippen LogP contribution in [0.25, 0.3) is 11.3 Å². The molecular formula is C17H16F2N4OS. The van der Waals surface area contributed by atoms with Gasteiger partial charge in [0.05, 0.1) is 18.0 Å². The zero-order valence-corrected chi connectivity index (χ0v) is 14.8. The maximum atomic E-state index is 13.6. The Hall–Kier alpha value is -2.27. The molecule has 0 atom stereocenters. The number of hydrogen-bond donors (Lipinski definition) is 0. The highest BCUT2D eigenvalue weighted by atomic mass is 32.2. The molecule has 8 heteroatoms. The molecule has 1 aliphatic rings. The van der Waals surface area contributed by atoms with Gasteiger partial charge in [-0.2, -0.15) is 5.26 Å². The molecule has 1 aliphatic heterocycles. The monoisotopic (exact) mass is 362 g/mol. The third-order valence-corrected chi connectivity index (χ3v) is 4.99. The number of nitrogens with zero attached hydrogens (tertiary/aromatic N) is 4. The minimum absolute atomic E-state index is 0.138. The summed E-state index contributed by atoms with van der Waals surface area (Å²) < 4.78 is 28.0. The van der Waals surface area contributed by atoms with Crippen molar-refractivity contribution in [1.82, 2.24) is 14.5 Å². The quantitative estimate of drug-likeness (QED) is 0.729. The van der Waals surface area contributed by atoms with Gasteiger partial charge >= 0.3 is 0 Å². The van der Waals surface area contributed by atoms with Gasteiger partial charge in [0.25, 0.3) is 11.5 Å². The lowest BCUT2D eigenvalue weighted by Gasteiger charge is -2.25. The Morgan fingerprint density at radius 2 is 2.08 bits per heavy atom. The third kappa shape index (κ3) is 3.29. The van der Waals surface area contributed by atoms with Gasteiger partial charge < -0.3 is 0 Å². The van der Waals surface area contributed by atoms with E-state index in [0.29, 0.717) is 5.56 Å². The summed E-state index contributed by atoms with van der Waals surface area (Å²) in [5, 5.41) is 9.56. The third-order valence-electron chi connectivity index (χ3n) is 3.85. The van der Waals surface area contributed by atoms with Crippen molar-refractivity contribution in [2.45, 2.75) is 43.8 Å². The number of nitriles is 1. The molecule has 0 saturated carbocycles. The van der Waals surface area contributed by atoms with Gasteiger partial charge in [-0.1, -0.05) is 32.5 Å². The minimum Gasteiger partial charge on any atom is -0.280 e. The number of halogens is 2. The molecule has 0 radical (unpaired) electrons. The average Bonchev–Trinajstić information content (AvgIpc) is 2.54. The molecule has 2 aromatic heterocycles. The molecule has 25 heavy (non-hydrogen) atoms. The van der Waals surface area contributed by atoms with Crippen LogP contribution in [-0.4, -0.2) is 26.2 Å².